The molecule has 10 heteroatoms. The third kappa shape index (κ3) is 4.30. The molecule has 0 N–H and O–H groups in total. The molecule has 2 aromatic heterocycles. The number of rotatable bonds is 5. The Balaban J connectivity index is 1.86. The molecule has 0 spiro atoms. The summed E-state index contributed by atoms with van der Waals surface area (Å²) in [5.41, 5.74) is -1.07. The monoisotopic (exact) mass is 414 g/mol. The molecule has 0 atom stereocenters. The maximum absolute atomic E-state index is 13.2. The van der Waals surface area contributed by atoms with E-state index in [2.05, 4.69) is 10.3 Å². The number of alkyl halides is 3. The summed E-state index contributed by atoms with van der Waals surface area (Å²) in [6.07, 6.45) is -3.34. The minimum atomic E-state index is -4.54. The highest BCUT2D eigenvalue weighted by Crippen LogP contribution is 2.33. The molecule has 0 fully saturated rings. The van der Waals surface area contributed by atoms with E-state index in [4.69, 9.17) is 11.6 Å². The average molecular weight is 415 g/mol. The van der Waals surface area contributed by atoms with Crippen molar-refractivity contribution in [3.05, 3.63) is 63.1 Å². The molecule has 0 unspecified atom stereocenters. The first-order chi connectivity index (χ1) is 12.8. The third-order valence-electron chi connectivity index (χ3n) is 3.81. The average Bonchev–Trinajstić information content (AvgIpc) is 3.27. The van der Waals surface area contributed by atoms with Crippen LogP contribution in [0.1, 0.15) is 27.9 Å². The van der Waals surface area contributed by atoms with Crippen molar-refractivity contribution in [2.24, 2.45) is 0 Å². The molecule has 5 nitrogen and oxygen atoms in total. The topological polar surface area (TPSA) is 51.0 Å². The Bertz CT molecular complexity index is 954. The number of para-hydroxylation sites is 1. The summed E-state index contributed by atoms with van der Waals surface area (Å²) in [4.78, 5) is 15.1. The Morgan fingerprint density at radius 2 is 2.00 bits per heavy atom. The van der Waals surface area contributed by atoms with Gasteiger partial charge in [0.2, 0.25) is 0 Å². The van der Waals surface area contributed by atoms with Gasteiger partial charge in [-0.1, -0.05) is 28.9 Å². The maximum atomic E-state index is 13.2. The predicted octanol–water partition coefficient (Wildman–Crippen LogP) is 4.66. The Labute approximate surface area is 162 Å². The summed E-state index contributed by atoms with van der Waals surface area (Å²) in [7, 11) is 0. The van der Waals surface area contributed by atoms with Crippen molar-refractivity contribution in [2.75, 3.05) is 6.54 Å². The molecule has 0 aliphatic heterocycles. The fourth-order valence-corrected chi connectivity index (χ4v) is 3.61. The van der Waals surface area contributed by atoms with Crippen LogP contribution in [0, 0.1) is 0 Å². The maximum Gasteiger partial charge on any atom is 0.418 e. The van der Waals surface area contributed by atoms with Gasteiger partial charge in [0.1, 0.15) is 0 Å². The normalized spacial score (nSPS) is 11.6. The lowest BCUT2D eigenvalue weighted by molar-refractivity contribution is -0.137. The molecule has 1 aromatic carbocycles. The first-order valence-electron chi connectivity index (χ1n) is 7.92. The molecular formula is C17H14ClF3N4OS. The number of hydrogen-bond acceptors (Lipinski definition) is 4. The molecule has 2 heterocycles. The van der Waals surface area contributed by atoms with E-state index in [9.17, 15) is 18.0 Å². The molecule has 27 heavy (non-hydrogen) atoms. The highest BCUT2D eigenvalue weighted by atomic mass is 35.5. The number of carbonyl (C=O) groups is 1. The summed E-state index contributed by atoms with van der Waals surface area (Å²) in [6.45, 7) is 2.54. The number of benzene rings is 1. The van der Waals surface area contributed by atoms with E-state index in [1.165, 1.54) is 40.6 Å². The van der Waals surface area contributed by atoms with Crippen LogP contribution >= 0.6 is 22.9 Å². The number of nitrogens with zero attached hydrogens (tertiary/aromatic N) is 4. The number of aromatic nitrogens is 3. The Morgan fingerprint density at radius 3 is 2.63 bits per heavy atom. The first-order valence-corrected chi connectivity index (χ1v) is 9.11. The van der Waals surface area contributed by atoms with Crippen LogP contribution < -0.4 is 0 Å². The lowest BCUT2D eigenvalue weighted by Gasteiger charge is -2.18. The standard InChI is InChI=1S/C17H14ClF3N4OS/c1-2-24(9-11-7-8-15(18)27-11)16(26)13-10-25(23-22-13)14-6-4-3-5-12(14)17(19,20)21/h3-8,10H,2,9H2,1H3. The van der Waals surface area contributed by atoms with Crippen molar-refractivity contribution in [1.82, 2.24) is 19.9 Å². The van der Waals surface area contributed by atoms with Gasteiger partial charge in [-0.05, 0) is 31.2 Å². The van der Waals surface area contributed by atoms with Crippen molar-refractivity contribution >= 4 is 28.8 Å². The van der Waals surface area contributed by atoms with Crippen LogP contribution in [0.2, 0.25) is 4.34 Å². The van der Waals surface area contributed by atoms with E-state index < -0.39 is 17.6 Å². The van der Waals surface area contributed by atoms with Gasteiger partial charge >= 0.3 is 6.18 Å². The molecule has 0 saturated heterocycles. The van der Waals surface area contributed by atoms with Crippen molar-refractivity contribution < 1.29 is 18.0 Å². The summed E-state index contributed by atoms with van der Waals surface area (Å²) in [5.74, 6) is -0.419. The minimum Gasteiger partial charge on any atom is -0.332 e. The fourth-order valence-electron chi connectivity index (χ4n) is 2.51. The van der Waals surface area contributed by atoms with E-state index >= 15 is 0 Å². The van der Waals surface area contributed by atoms with E-state index in [0.717, 1.165) is 15.6 Å². The van der Waals surface area contributed by atoms with E-state index in [1.54, 1.807) is 13.0 Å². The number of carbonyl (C=O) groups excluding carboxylic acids is 1. The summed E-state index contributed by atoms with van der Waals surface area (Å²) in [5, 5.41) is 7.47. The smallest absolute Gasteiger partial charge is 0.332 e. The van der Waals surface area contributed by atoms with Crippen molar-refractivity contribution in [2.45, 2.75) is 19.6 Å². The summed E-state index contributed by atoms with van der Waals surface area (Å²) < 4.78 is 41.1. The zero-order valence-corrected chi connectivity index (χ0v) is 15.6. The second-order valence-electron chi connectivity index (χ2n) is 5.59. The largest absolute Gasteiger partial charge is 0.418 e. The van der Waals surface area contributed by atoms with Gasteiger partial charge in [0, 0.05) is 11.4 Å². The summed E-state index contributed by atoms with van der Waals surface area (Å²) in [6, 6.07) is 8.55. The lowest BCUT2D eigenvalue weighted by atomic mass is 10.1. The van der Waals surface area contributed by atoms with Gasteiger partial charge in [-0.2, -0.15) is 13.2 Å². The number of halogens is 4. The second-order valence-corrected chi connectivity index (χ2v) is 7.39. The zero-order chi connectivity index (χ0) is 19.6. The minimum absolute atomic E-state index is 0.0310. The Kier molecular flexibility index (Phi) is 5.52. The molecular weight excluding hydrogens is 401 g/mol. The van der Waals surface area contributed by atoms with Gasteiger partial charge in [0.05, 0.1) is 28.3 Å². The van der Waals surface area contributed by atoms with E-state index in [0.29, 0.717) is 17.4 Å². The van der Waals surface area contributed by atoms with Crippen molar-refractivity contribution in [1.29, 1.82) is 0 Å². The highest BCUT2D eigenvalue weighted by Gasteiger charge is 2.34. The van der Waals surface area contributed by atoms with Crippen molar-refractivity contribution in [3.63, 3.8) is 0 Å². The van der Waals surface area contributed by atoms with Crippen LogP contribution in [0.3, 0.4) is 0 Å². The van der Waals surface area contributed by atoms with Gasteiger partial charge < -0.3 is 4.90 Å². The molecule has 0 aliphatic carbocycles. The SMILES string of the molecule is CCN(Cc1ccc(Cl)s1)C(=O)c1cn(-c2ccccc2C(F)(F)F)nn1. The van der Waals surface area contributed by atoms with Crippen LogP contribution in [0.5, 0.6) is 0 Å². The van der Waals surface area contributed by atoms with Crippen LogP contribution in [0.25, 0.3) is 5.69 Å². The van der Waals surface area contributed by atoms with Gasteiger partial charge in [-0.25, -0.2) is 4.68 Å². The van der Waals surface area contributed by atoms with E-state index in [-0.39, 0.29) is 11.4 Å². The zero-order valence-electron chi connectivity index (χ0n) is 14.1. The highest BCUT2D eigenvalue weighted by molar-refractivity contribution is 7.16. The Morgan fingerprint density at radius 1 is 1.26 bits per heavy atom. The fraction of sp³-hybridized carbons (Fsp3) is 0.235. The molecule has 0 radical (unpaired) electrons. The molecule has 0 saturated carbocycles. The van der Waals surface area contributed by atoms with Gasteiger partial charge in [0.15, 0.2) is 5.69 Å². The molecule has 3 rings (SSSR count). The number of hydrogen-bond donors (Lipinski definition) is 0. The lowest BCUT2D eigenvalue weighted by Crippen LogP contribution is -2.30. The summed E-state index contributed by atoms with van der Waals surface area (Å²) >= 11 is 7.26. The third-order valence-corrected chi connectivity index (χ3v) is 5.03. The van der Waals surface area contributed by atoms with Gasteiger partial charge in [-0.3, -0.25) is 4.79 Å². The van der Waals surface area contributed by atoms with Gasteiger partial charge in [0.25, 0.3) is 5.91 Å². The van der Waals surface area contributed by atoms with Crippen LogP contribution in [-0.4, -0.2) is 32.3 Å². The second kappa shape index (κ2) is 7.69. The molecule has 142 valence electrons. The predicted molar refractivity (Wildman–Crippen MR) is 96.1 cm³/mol. The quantitative estimate of drug-likeness (QED) is 0.610. The number of thiophene rings is 1. The van der Waals surface area contributed by atoms with Crippen LogP contribution in [0.4, 0.5) is 13.2 Å². The van der Waals surface area contributed by atoms with Crippen molar-refractivity contribution in [3.8, 4) is 5.69 Å². The molecule has 0 aliphatic rings. The first kappa shape index (κ1) is 19.4. The van der Waals surface area contributed by atoms with Gasteiger partial charge in [-0.15, -0.1) is 16.4 Å². The van der Waals surface area contributed by atoms with E-state index in [1.807, 2.05) is 6.07 Å². The Hall–Kier alpha value is -2.39. The van der Waals surface area contributed by atoms with Crippen LogP contribution in [-0.2, 0) is 12.7 Å². The molecule has 1 amide bonds. The molecule has 3 aromatic rings. The van der Waals surface area contributed by atoms with Crippen LogP contribution in [0.15, 0.2) is 42.6 Å². The number of amides is 1. The molecule has 0 bridgehead atoms.